The first-order valence-electron chi connectivity index (χ1n) is 15.9. The number of carbonyl (C=O) groups excluding carboxylic acids is 3. The number of rotatable bonds is 7. The highest BCUT2D eigenvalue weighted by Crippen LogP contribution is 2.68. The maximum atomic E-state index is 13.6. The Kier molecular flexibility index (Phi) is 8.98. The Labute approximate surface area is 255 Å². The Morgan fingerprint density at radius 3 is 2.52 bits per heavy atom. The molecule has 5 rings (SSSR count). The van der Waals surface area contributed by atoms with Crippen LogP contribution in [0.5, 0.6) is 0 Å². The summed E-state index contributed by atoms with van der Waals surface area (Å²) in [6.07, 6.45) is 11.4. The maximum Gasteiger partial charge on any atom is 0.316 e. The lowest BCUT2D eigenvalue weighted by molar-refractivity contribution is -0.685. The Balaban J connectivity index is 1.29. The van der Waals surface area contributed by atoms with E-state index in [2.05, 4.69) is 27.4 Å². The minimum Gasteiger partial charge on any atom is -0.461 e. The molecule has 2 bridgehead atoms. The second-order valence-electron chi connectivity index (χ2n) is 14.0. The van der Waals surface area contributed by atoms with Crippen molar-refractivity contribution in [1.29, 1.82) is 0 Å². The zero-order chi connectivity index (χ0) is 30.3. The molecule has 0 aromatic carbocycles. The largest absolute Gasteiger partial charge is 0.461 e. The number of hydrogen-bond donors (Lipinski definition) is 1. The van der Waals surface area contributed by atoms with Gasteiger partial charge in [-0.1, -0.05) is 33.8 Å². The zero-order valence-corrected chi connectivity index (χ0v) is 26.7. The number of hydrogen-bond acceptors (Lipinski definition) is 6. The number of ether oxygens (including phenoxy) is 1. The summed E-state index contributed by atoms with van der Waals surface area (Å²) in [5, 5.41) is 11.7. The van der Waals surface area contributed by atoms with E-state index in [4.69, 9.17) is 4.74 Å². The Morgan fingerprint density at radius 2 is 1.86 bits per heavy atom. The molecule has 1 aromatic rings. The lowest BCUT2D eigenvalue weighted by Crippen LogP contribution is -2.63. The molecule has 1 amide bonds. The third-order valence-corrected chi connectivity index (χ3v) is 12.8. The highest BCUT2D eigenvalue weighted by molar-refractivity contribution is 8.00. The van der Waals surface area contributed by atoms with Crippen LogP contribution in [-0.4, -0.2) is 58.7 Å². The van der Waals surface area contributed by atoms with Gasteiger partial charge in [0, 0.05) is 53.3 Å². The number of Topliss-reactive ketones (excluding diaryl/α,β-unsaturated/α-hetero) is 1. The zero-order valence-electron chi connectivity index (χ0n) is 25.8. The van der Waals surface area contributed by atoms with Gasteiger partial charge in [-0.2, -0.15) is 4.57 Å². The molecule has 0 radical (unpaired) electrons. The van der Waals surface area contributed by atoms with Crippen molar-refractivity contribution in [1.82, 2.24) is 4.90 Å². The predicted octanol–water partition coefficient (Wildman–Crippen LogP) is 4.99. The van der Waals surface area contributed by atoms with E-state index in [9.17, 15) is 19.5 Å². The number of aromatic nitrogens is 1. The topological polar surface area (TPSA) is 87.8 Å². The molecular weight excluding hydrogens is 548 g/mol. The highest BCUT2D eigenvalue weighted by Gasteiger charge is 2.68. The van der Waals surface area contributed by atoms with Crippen LogP contribution in [0, 0.1) is 34.0 Å². The van der Waals surface area contributed by atoms with E-state index in [1.54, 1.807) is 0 Å². The van der Waals surface area contributed by atoms with Crippen molar-refractivity contribution in [2.75, 3.05) is 18.8 Å². The number of aliphatic hydroxyl groups excluding tert-OH is 1. The summed E-state index contributed by atoms with van der Waals surface area (Å²) in [6, 6.07) is 3.86. The second kappa shape index (κ2) is 12.1. The van der Waals surface area contributed by atoms with Crippen LogP contribution >= 0.6 is 11.8 Å². The van der Waals surface area contributed by atoms with Crippen LogP contribution in [0.2, 0.25) is 0 Å². The number of piperidine rings is 1. The van der Waals surface area contributed by atoms with Crippen LogP contribution in [0.15, 0.2) is 42.1 Å². The van der Waals surface area contributed by atoms with Gasteiger partial charge in [-0.05, 0) is 62.2 Å². The number of esters is 1. The minimum atomic E-state index is -0.672. The SMILES string of the molecule is C=C[C@]1(C)C[C@@H](OC(=O)CSc2cc[n+](CC(=O)N3CCCCC3)cc2)[C@]2(C)[C@H](C)CC[C@]3(CCC(=O)[C@H]32)[C@@H](C)[C@@H]1O. The Hall–Kier alpha value is -2.19. The predicted molar refractivity (Wildman–Crippen MR) is 162 cm³/mol. The summed E-state index contributed by atoms with van der Waals surface area (Å²) in [7, 11) is 0. The third-order valence-electron chi connectivity index (χ3n) is 11.8. The average Bonchev–Trinajstić information content (AvgIpc) is 3.35. The maximum absolute atomic E-state index is 13.6. The molecular formula is C34H49N2O5S+. The van der Waals surface area contributed by atoms with Crippen molar-refractivity contribution >= 4 is 29.4 Å². The molecule has 1 aliphatic heterocycles. The summed E-state index contributed by atoms with van der Waals surface area (Å²) < 4.78 is 8.24. The van der Waals surface area contributed by atoms with Gasteiger partial charge in [0.05, 0.1) is 11.9 Å². The molecule has 1 aromatic heterocycles. The summed E-state index contributed by atoms with van der Waals surface area (Å²) in [4.78, 5) is 42.5. The van der Waals surface area contributed by atoms with Crippen LogP contribution in [0.1, 0.15) is 79.1 Å². The van der Waals surface area contributed by atoms with Crippen molar-refractivity contribution in [2.24, 2.45) is 34.0 Å². The summed E-state index contributed by atoms with van der Waals surface area (Å²) in [6.45, 7) is 14.6. The highest BCUT2D eigenvalue weighted by atomic mass is 32.2. The van der Waals surface area contributed by atoms with Crippen molar-refractivity contribution in [3.8, 4) is 0 Å². The van der Waals surface area contributed by atoms with E-state index in [-0.39, 0.29) is 46.6 Å². The van der Waals surface area contributed by atoms with Gasteiger partial charge < -0.3 is 14.7 Å². The van der Waals surface area contributed by atoms with Gasteiger partial charge in [0.2, 0.25) is 6.54 Å². The van der Waals surface area contributed by atoms with Crippen molar-refractivity contribution in [3.63, 3.8) is 0 Å². The van der Waals surface area contributed by atoms with E-state index >= 15 is 0 Å². The van der Waals surface area contributed by atoms with Crippen LogP contribution in [0.3, 0.4) is 0 Å². The van der Waals surface area contributed by atoms with Crippen LogP contribution < -0.4 is 4.57 Å². The molecule has 3 saturated carbocycles. The summed E-state index contributed by atoms with van der Waals surface area (Å²) in [5.74, 6) is 0.164. The molecule has 2 heterocycles. The van der Waals surface area contributed by atoms with E-state index in [1.807, 2.05) is 47.0 Å². The lowest BCUT2D eigenvalue weighted by Gasteiger charge is -2.61. The minimum absolute atomic E-state index is 0.0491. The molecule has 1 saturated heterocycles. The number of likely N-dealkylation sites (tertiary alicyclic amines) is 1. The van der Waals surface area contributed by atoms with Crippen molar-refractivity contribution < 1.29 is 28.8 Å². The van der Waals surface area contributed by atoms with Gasteiger partial charge in [0.25, 0.3) is 5.91 Å². The molecule has 42 heavy (non-hydrogen) atoms. The van der Waals surface area contributed by atoms with Gasteiger partial charge in [-0.25, -0.2) is 0 Å². The van der Waals surface area contributed by atoms with E-state index in [0.29, 0.717) is 19.4 Å². The number of carbonyl (C=O) groups is 3. The Morgan fingerprint density at radius 1 is 1.17 bits per heavy atom. The molecule has 4 aliphatic rings. The fraction of sp³-hybridized carbons (Fsp3) is 0.706. The van der Waals surface area contributed by atoms with Gasteiger partial charge in [-0.3, -0.25) is 14.4 Å². The lowest BCUT2D eigenvalue weighted by atomic mass is 9.44. The van der Waals surface area contributed by atoms with Crippen LogP contribution in [-0.2, 0) is 25.7 Å². The van der Waals surface area contributed by atoms with Crippen molar-refractivity contribution in [2.45, 2.75) is 103 Å². The molecule has 8 atom stereocenters. The quantitative estimate of drug-likeness (QED) is 0.206. The number of pyridine rings is 1. The van der Waals surface area contributed by atoms with E-state index < -0.39 is 23.0 Å². The molecule has 4 fully saturated rings. The standard InChI is InChI=1S/C34H49N2O5S/c1-6-32(4)20-27(33(5)23(2)10-14-34(24(3)31(32)40)15-11-26(37)30(33)34)41-29(39)22-42-25-12-18-35(19-13-25)21-28(38)36-16-8-7-9-17-36/h6,12-13,18-19,23-24,27,30-31,40H,1,7-11,14-17,20-22H2,2-5H3/q+1/t23-,24+,27-,30+,31+,32-,33+,34+/m1/s1. The molecule has 0 unspecified atom stereocenters. The van der Waals surface area contributed by atoms with Gasteiger partial charge in [0.1, 0.15) is 11.9 Å². The molecule has 230 valence electrons. The molecule has 7 nitrogen and oxygen atoms in total. The number of thioether (sulfide) groups is 1. The monoisotopic (exact) mass is 597 g/mol. The number of aliphatic hydroxyl groups is 1. The fourth-order valence-corrected chi connectivity index (χ4v) is 9.55. The Bertz CT molecular complexity index is 1200. The third kappa shape index (κ3) is 5.47. The van der Waals surface area contributed by atoms with E-state index in [0.717, 1.165) is 50.1 Å². The molecule has 1 N–H and O–H groups in total. The fourth-order valence-electron chi connectivity index (χ4n) is 8.88. The normalized spacial score (nSPS) is 38.3. The summed E-state index contributed by atoms with van der Waals surface area (Å²) in [5.41, 5.74) is -1.43. The second-order valence-corrected chi connectivity index (χ2v) is 15.0. The first kappa shape index (κ1) is 31.2. The molecule has 3 aliphatic carbocycles. The van der Waals surface area contributed by atoms with Gasteiger partial charge in [0.15, 0.2) is 12.4 Å². The number of nitrogens with zero attached hydrogens (tertiary/aromatic N) is 2. The smallest absolute Gasteiger partial charge is 0.316 e. The van der Waals surface area contributed by atoms with Crippen LogP contribution in [0.4, 0.5) is 0 Å². The van der Waals surface area contributed by atoms with Crippen molar-refractivity contribution in [3.05, 3.63) is 37.2 Å². The van der Waals surface area contributed by atoms with Gasteiger partial charge >= 0.3 is 5.97 Å². The first-order valence-corrected chi connectivity index (χ1v) is 16.9. The molecule has 8 heteroatoms. The van der Waals surface area contributed by atoms with Crippen LogP contribution in [0.25, 0.3) is 0 Å². The average molecular weight is 598 g/mol. The number of ketones is 1. The first-order chi connectivity index (χ1) is 19.9. The van der Waals surface area contributed by atoms with E-state index in [1.165, 1.54) is 18.2 Å². The summed E-state index contributed by atoms with van der Waals surface area (Å²) >= 11 is 1.41. The molecule has 0 spiro atoms. The van der Waals surface area contributed by atoms with Gasteiger partial charge in [-0.15, -0.1) is 18.3 Å². The number of amides is 1.